The zero-order chi connectivity index (χ0) is 11.3. The Labute approximate surface area is 102 Å². The highest BCUT2D eigenvalue weighted by molar-refractivity contribution is 5.88. The lowest BCUT2D eigenvalue weighted by Gasteiger charge is -2.23. The van der Waals surface area contributed by atoms with Crippen LogP contribution in [0.4, 0.5) is 0 Å². The van der Waals surface area contributed by atoms with Gasteiger partial charge in [0.1, 0.15) is 6.04 Å². The molecule has 1 saturated heterocycles. The molecule has 0 aromatic heterocycles. The third kappa shape index (κ3) is 4.37. The van der Waals surface area contributed by atoms with E-state index >= 15 is 0 Å². The van der Waals surface area contributed by atoms with Crippen LogP contribution in [0, 0.1) is 5.92 Å². The van der Waals surface area contributed by atoms with Crippen LogP contribution in [0.2, 0.25) is 0 Å². The van der Waals surface area contributed by atoms with Crippen LogP contribution in [-0.4, -0.2) is 38.0 Å². The van der Waals surface area contributed by atoms with Crippen molar-refractivity contribution >= 4 is 24.2 Å². The number of piperidine rings is 1. The largest absolute Gasteiger partial charge is 0.357 e. The molecular formula is C10H20ClN3O2. The predicted octanol–water partition coefficient (Wildman–Crippen LogP) is -0.341. The van der Waals surface area contributed by atoms with E-state index in [-0.39, 0.29) is 30.1 Å². The molecule has 1 aliphatic heterocycles. The van der Waals surface area contributed by atoms with Crippen LogP contribution in [0.3, 0.4) is 0 Å². The molecule has 3 N–H and O–H groups in total. The highest BCUT2D eigenvalue weighted by Gasteiger charge is 2.23. The standard InChI is InChI=1S/C10H19N3O2.ClH/c1-7(9(14)11-2)13-10(15)8-4-3-5-12-6-8;/h7-8,12H,3-6H2,1-2H3,(H,11,14)(H,13,15);1H/t7-,8?;/m1./s1. The van der Waals surface area contributed by atoms with Gasteiger partial charge in [0.25, 0.3) is 0 Å². The molecule has 0 spiro atoms. The van der Waals surface area contributed by atoms with E-state index in [1.807, 2.05) is 0 Å². The van der Waals surface area contributed by atoms with Crippen molar-refractivity contribution in [2.75, 3.05) is 20.1 Å². The molecule has 0 bridgehead atoms. The SMILES string of the molecule is CNC(=O)[C@@H](C)NC(=O)C1CCCNC1.Cl. The van der Waals surface area contributed by atoms with E-state index in [1.165, 1.54) is 0 Å². The first-order valence-corrected chi connectivity index (χ1v) is 5.38. The van der Waals surface area contributed by atoms with E-state index in [9.17, 15) is 9.59 Å². The molecule has 0 radical (unpaired) electrons. The predicted molar refractivity (Wildman–Crippen MR) is 64.5 cm³/mol. The molecule has 6 heteroatoms. The molecular weight excluding hydrogens is 230 g/mol. The maximum absolute atomic E-state index is 11.7. The Morgan fingerprint density at radius 1 is 1.44 bits per heavy atom. The summed E-state index contributed by atoms with van der Waals surface area (Å²) >= 11 is 0. The van der Waals surface area contributed by atoms with Gasteiger partial charge in [0.2, 0.25) is 11.8 Å². The molecule has 0 saturated carbocycles. The molecule has 5 nitrogen and oxygen atoms in total. The van der Waals surface area contributed by atoms with E-state index in [0.29, 0.717) is 6.54 Å². The van der Waals surface area contributed by atoms with Crippen molar-refractivity contribution in [3.8, 4) is 0 Å². The van der Waals surface area contributed by atoms with E-state index in [0.717, 1.165) is 19.4 Å². The molecule has 1 unspecified atom stereocenters. The van der Waals surface area contributed by atoms with Crippen LogP contribution in [0.15, 0.2) is 0 Å². The lowest BCUT2D eigenvalue weighted by molar-refractivity contribution is -0.130. The quantitative estimate of drug-likeness (QED) is 0.641. The monoisotopic (exact) mass is 249 g/mol. The number of likely N-dealkylation sites (N-methyl/N-ethyl adjacent to an activating group) is 1. The normalized spacial score (nSPS) is 21.5. The minimum atomic E-state index is -0.454. The van der Waals surface area contributed by atoms with Crippen LogP contribution >= 0.6 is 12.4 Å². The van der Waals surface area contributed by atoms with E-state index in [1.54, 1.807) is 14.0 Å². The van der Waals surface area contributed by atoms with Crippen molar-refractivity contribution in [2.45, 2.75) is 25.8 Å². The molecule has 1 fully saturated rings. The zero-order valence-electron chi connectivity index (χ0n) is 9.71. The number of carbonyl (C=O) groups excluding carboxylic acids is 2. The van der Waals surface area contributed by atoms with Crippen molar-refractivity contribution in [3.63, 3.8) is 0 Å². The van der Waals surface area contributed by atoms with Crippen LogP contribution in [0.25, 0.3) is 0 Å². The number of hydrogen-bond acceptors (Lipinski definition) is 3. The van der Waals surface area contributed by atoms with Gasteiger partial charge in [0.05, 0.1) is 5.92 Å². The van der Waals surface area contributed by atoms with Gasteiger partial charge < -0.3 is 16.0 Å². The summed E-state index contributed by atoms with van der Waals surface area (Å²) < 4.78 is 0. The Morgan fingerprint density at radius 3 is 2.62 bits per heavy atom. The first kappa shape index (κ1) is 15.2. The summed E-state index contributed by atoms with van der Waals surface area (Å²) in [5, 5.41) is 8.38. The molecule has 0 aromatic rings. The number of hydrogen-bond donors (Lipinski definition) is 3. The number of rotatable bonds is 3. The van der Waals surface area contributed by atoms with Gasteiger partial charge in [-0.2, -0.15) is 0 Å². The summed E-state index contributed by atoms with van der Waals surface area (Å²) in [6.07, 6.45) is 1.92. The molecule has 16 heavy (non-hydrogen) atoms. The van der Waals surface area contributed by atoms with Crippen molar-refractivity contribution in [1.29, 1.82) is 0 Å². The van der Waals surface area contributed by atoms with Crippen molar-refractivity contribution in [3.05, 3.63) is 0 Å². The summed E-state index contributed by atoms with van der Waals surface area (Å²) in [6.45, 7) is 3.38. The lowest BCUT2D eigenvalue weighted by atomic mass is 9.98. The van der Waals surface area contributed by atoms with Gasteiger partial charge in [-0.3, -0.25) is 9.59 Å². The Balaban J connectivity index is 0.00000225. The van der Waals surface area contributed by atoms with Gasteiger partial charge in [0, 0.05) is 13.6 Å². The van der Waals surface area contributed by atoms with E-state index in [4.69, 9.17) is 0 Å². The Bertz CT molecular complexity index is 242. The average Bonchev–Trinajstić information content (AvgIpc) is 2.29. The molecule has 0 aromatic carbocycles. The van der Waals surface area contributed by atoms with Crippen LogP contribution in [0.5, 0.6) is 0 Å². The first-order valence-electron chi connectivity index (χ1n) is 5.38. The second-order valence-corrected chi connectivity index (χ2v) is 3.89. The van der Waals surface area contributed by atoms with Crippen molar-refractivity contribution in [1.82, 2.24) is 16.0 Å². The van der Waals surface area contributed by atoms with Crippen LogP contribution in [0.1, 0.15) is 19.8 Å². The summed E-state index contributed by atoms with van der Waals surface area (Å²) in [5.41, 5.74) is 0. The van der Waals surface area contributed by atoms with Gasteiger partial charge in [-0.05, 0) is 26.3 Å². The number of halogens is 1. The minimum absolute atomic E-state index is 0. The fourth-order valence-electron chi connectivity index (χ4n) is 1.69. The molecule has 1 aliphatic rings. The maximum Gasteiger partial charge on any atom is 0.242 e. The third-order valence-corrected chi connectivity index (χ3v) is 2.67. The van der Waals surface area contributed by atoms with E-state index < -0.39 is 6.04 Å². The molecule has 1 heterocycles. The minimum Gasteiger partial charge on any atom is -0.357 e. The van der Waals surface area contributed by atoms with Gasteiger partial charge in [-0.15, -0.1) is 12.4 Å². The van der Waals surface area contributed by atoms with Crippen LogP contribution < -0.4 is 16.0 Å². The second-order valence-electron chi connectivity index (χ2n) is 3.89. The third-order valence-electron chi connectivity index (χ3n) is 2.67. The van der Waals surface area contributed by atoms with Gasteiger partial charge in [0.15, 0.2) is 0 Å². The molecule has 2 amide bonds. The van der Waals surface area contributed by atoms with Crippen LogP contribution in [-0.2, 0) is 9.59 Å². The topological polar surface area (TPSA) is 70.2 Å². The molecule has 0 aliphatic carbocycles. The second kappa shape index (κ2) is 7.46. The van der Waals surface area contributed by atoms with Crippen molar-refractivity contribution < 1.29 is 9.59 Å². The maximum atomic E-state index is 11.7. The highest BCUT2D eigenvalue weighted by Crippen LogP contribution is 2.09. The van der Waals surface area contributed by atoms with E-state index in [2.05, 4.69) is 16.0 Å². The Kier molecular flexibility index (Phi) is 7.08. The summed E-state index contributed by atoms with van der Waals surface area (Å²) in [7, 11) is 1.56. The number of nitrogens with one attached hydrogen (secondary N) is 3. The zero-order valence-corrected chi connectivity index (χ0v) is 10.5. The molecule has 1 rings (SSSR count). The summed E-state index contributed by atoms with van der Waals surface area (Å²) in [4.78, 5) is 22.9. The number of carbonyl (C=O) groups is 2. The van der Waals surface area contributed by atoms with Gasteiger partial charge in [-0.25, -0.2) is 0 Å². The fraction of sp³-hybridized carbons (Fsp3) is 0.800. The highest BCUT2D eigenvalue weighted by atomic mass is 35.5. The fourth-order valence-corrected chi connectivity index (χ4v) is 1.69. The summed E-state index contributed by atoms with van der Waals surface area (Å²) in [6, 6.07) is -0.454. The number of amides is 2. The molecule has 94 valence electrons. The van der Waals surface area contributed by atoms with Gasteiger partial charge >= 0.3 is 0 Å². The smallest absolute Gasteiger partial charge is 0.242 e. The molecule has 2 atom stereocenters. The summed E-state index contributed by atoms with van der Waals surface area (Å²) in [5.74, 6) is -0.184. The van der Waals surface area contributed by atoms with Gasteiger partial charge in [-0.1, -0.05) is 0 Å². The Morgan fingerprint density at radius 2 is 2.12 bits per heavy atom. The Hall–Kier alpha value is -0.810. The average molecular weight is 250 g/mol. The first-order chi connectivity index (χ1) is 7.15. The lowest BCUT2D eigenvalue weighted by Crippen LogP contribution is -2.48. The van der Waals surface area contributed by atoms with Crippen molar-refractivity contribution in [2.24, 2.45) is 5.92 Å².